The van der Waals surface area contributed by atoms with Crippen molar-refractivity contribution in [1.82, 2.24) is 14.2 Å². The number of halogens is 1. The number of amides is 1. The van der Waals surface area contributed by atoms with E-state index in [0.29, 0.717) is 42.6 Å². The summed E-state index contributed by atoms with van der Waals surface area (Å²) < 4.78 is 34.2. The van der Waals surface area contributed by atoms with Crippen LogP contribution in [0.15, 0.2) is 47.4 Å². The number of anilines is 1. The molecule has 3 aromatic rings. The number of nitrogens with zero attached hydrogens (tertiary/aromatic N) is 4. The maximum absolute atomic E-state index is 13.7. The minimum atomic E-state index is -3.62. The van der Waals surface area contributed by atoms with Gasteiger partial charge in [0.15, 0.2) is 5.13 Å². The minimum absolute atomic E-state index is 0. The quantitative estimate of drug-likeness (QED) is 0.249. The molecule has 11 heteroatoms. The smallest absolute Gasteiger partial charge is 0.260 e. The highest BCUT2D eigenvalue weighted by Crippen LogP contribution is 2.34. The van der Waals surface area contributed by atoms with Crippen molar-refractivity contribution < 1.29 is 17.9 Å². The van der Waals surface area contributed by atoms with Gasteiger partial charge in [-0.3, -0.25) is 9.69 Å². The van der Waals surface area contributed by atoms with E-state index in [4.69, 9.17) is 9.72 Å². The lowest BCUT2D eigenvalue weighted by atomic mass is 10.2. The molecule has 3 rings (SSSR count). The Kier molecular flexibility index (Phi) is 12.4. The molecule has 1 heterocycles. The van der Waals surface area contributed by atoms with Crippen LogP contribution in [0, 0.1) is 0 Å². The second kappa shape index (κ2) is 14.8. The lowest BCUT2D eigenvalue weighted by Crippen LogP contribution is -2.39. The molecular formula is C27H39ClN4O4S2. The highest BCUT2D eigenvalue weighted by molar-refractivity contribution is 7.89. The molecule has 2 aromatic carbocycles. The number of methoxy groups -OCH3 is 1. The van der Waals surface area contributed by atoms with Crippen molar-refractivity contribution in [2.75, 3.05) is 51.3 Å². The first-order valence-electron chi connectivity index (χ1n) is 12.9. The molecule has 0 N–H and O–H groups in total. The molecule has 1 amide bonds. The first kappa shape index (κ1) is 32.0. The standard InChI is InChI=1S/C27H38N4O4S2.ClH/c1-6-17-30(18-7-2)37(33,34)22-15-13-21(14-16-22)26(32)31(20-19-29(8-3)9-4)27-28-25-23(35-5)11-10-12-24(25)36-27;/h10-16H,6-9,17-20H2,1-5H3;1H. The van der Waals surface area contributed by atoms with E-state index < -0.39 is 10.0 Å². The lowest BCUT2D eigenvalue weighted by Gasteiger charge is -2.25. The van der Waals surface area contributed by atoms with Crippen LogP contribution >= 0.6 is 23.7 Å². The molecule has 0 radical (unpaired) electrons. The third kappa shape index (κ3) is 7.24. The Hall–Kier alpha value is -2.24. The third-order valence-corrected chi connectivity index (χ3v) is 9.24. The Labute approximate surface area is 237 Å². The number of aromatic nitrogens is 1. The van der Waals surface area contributed by atoms with Crippen molar-refractivity contribution in [3.63, 3.8) is 0 Å². The molecule has 0 saturated heterocycles. The highest BCUT2D eigenvalue weighted by atomic mass is 35.5. The number of likely N-dealkylation sites (N-methyl/N-ethyl adjacent to an activating group) is 1. The van der Waals surface area contributed by atoms with E-state index in [2.05, 4.69) is 18.7 Å². The summed E-state index contributed by atoms with van der Waals surface area (Å²) in [5.41, 5.74) is 1.14. The van der Waals surface area contributed by atoms with E-state index >= 15 is 0 Å². The third-order valence-electron chi connectivity index (χ3n) is 6.29. The number of rotatable bonds is 14. The summed E-state index contributed by atoms with van der Waals surface area (Å²) in [5.74, 6) is 0.447. The van der Waals surface area contributed by atoms with E-state index in [1.54, 1.807) is 24.1 Å². The Morgan fingerprint density at radius 3 is 2.11 bits per heavy atom. The van der Waals surface area contributed by atoms with Crippen LogP contribution in [0.3, 0.4) is 0 Å². The molecule has 8 nitrogen and oxygen atoms in total. The van der Waals surface area contributed by atoms with Crippen molar-refractivity contribution in [2.45, 2.75) is 45.4 Å². The van der Waals surface area contributed by atoms with Gasteiger partial charge < -0.3 is 9.64 Å². The first-order valence-corrected chi connectivity index (χ1v) is 15.1. The molecule has 0 aliphatic rings. The van der Waals surface area contributed by atoms with E-state index in [1.807, 2.05) is 32.0 Å². The molecule has 38 heavy (non-hydrogen) atoms. The summed E-state index contributed by atoms with van der Waals surface area (Å²) in [4.78, 5) is 22.6. The number of hydrogen-bond donors (Lipinski definition) is 0. The molecule has 0 aliphatic carbocycles. The lowest BCUT2D eigenvalue weighted by molar-refractivity contribution is 0.0983. The predicted molar refractivity (Wildman–Crippen MR) is 159 cm³/mol. The number of carbonyl (C=O) groups is 1. The van der Waals surface area contributed by atoms with Crippen molar-refractivity contribution >= 4 is 55.0 Å². The molecule has 0 atom stereocenters. The number of hydrogen-bond acceptors (Lipinski definition) is 7. The van der Waals surface area contributed by atoms with Gasteiger partial charge in [-0.05, 0) is 62.3 Å². The van der Waals surface area contributed by atoms with Gasteiger partial charge in [0, 0.05) is 31.7 Å². The summed E-state index contributed by atoms with van der Waals surface area (Å²) in [7, 11) is -2.01. The van der Waals surface area contributed by atoms with Crippen LogP contribution in [0.2, 0.25) is 0 Å². The number of benzene rings is 2. The van der Waals surface area contributed by atoms with Gasteiger partial charge in [0.05, 0.1) is 16.7 Å². The monoisotopic (exact) mass is 582 g/mol. The highest BCUT2D eigenvalue weighted by Gasteiger charge is 2.26. The van der Waals surface area contributed by atoms with Gasteiger partial charge in [-0.25, -0.2) is 13.4 Å². The van der Waals surface area contributed by atoms with Crippen molar-refractivity contribution in [3.8, 4) is 5.75 Å². The Morgan fingerprint density at radius 2 is 1.55 bits per heavy atom. The fourth-order valence-corrected chi connectivity index (χ4v) is 6.81. The van der Waals surface area contributed by atoms with Gasteiger partial charge in [-0.15, -0.1) is 12.4 Å². The van der Waals surface area contributed by atoms with Crippen LogP contribution in [0.5, 0.6) is 5.75 Å². The van der Waals surface area contributed by atoms with E-state index in [-0.39, 0.29) is 23.2 Å². The van der Waals surface area contributed by atoms with Gasteiger partial charge in [-0.2, -0.15) is 4.31 Å². The Bertz CT molecular complexity index is 1270. The largest absolute Gasteiger partial charge is 0.494 e. The molecule has 0 aliphatic heterocycles. The molecule has 1 aromatic heterocycles. The van der Waals surface area contributed by atoms with Gasteiger partial charge in [0.2, 0.25) is 10.0 Å². The normalized spacial score (nSPS) is 11.7. The molecule has 0 spiro atoms. The van der Waals surface area contributed by atoms with Gasteiger partial charge in [0.25, 0.3) is 5.91 Å². The summed E-state index contributed by atoms with van der Waals surface area (Å²) in [5, 5.41) is 0.588. The van der Waals surface area contributed by atoms with Crippen molar-refractivity contribution in [3.05, 3.63) is 48.0 Å². The average molecular weight is 583 g/mol. The van der Waals surface area contributed by atoms with Gasteiger partial charge in [-0.1, -0.05) is 45.1 Å². The summed E-state index contributed by atoms with van der Waals surface area (Å²) >= 11 is 1.44. The van der Waals surface area contributed by atoms with Crippen molar-refractivity contribution in [1.29, 1.82) is 0 Å². The molecule has 210 valence electrons. The van der Waals surface area contributed by atoms with Crippen molar-refractivity contribution in [2.24, 2.45) is 0 Å². The topological polar surface area (TPSA) is 83.1 Å². The number of para-hydroxylation sites is 1. The second-order valence-corrected chi connectivity index (χ2v) is 11.7. The first-order chi connectivity index (χ1) is 17.8. The zero-order valence-electron chi connectivity index (χ0n) is 22.8. The SMILES string of the molecule is CCCN(CCC)S(=O)(=O)c1ccc(C(=O)N(CCN(CC)CC)c2nc3c(OC)cccc3s2)cc1.Cl. The molecule has 0 unspecified atom stereocenters. The van der Waals surface area contributed by atoms with Gasteiger partial charge >= 0.3 is 0 Å². The molecule has 0 saturated carbocycles. The number of thiazole rings is 1. The fourth-order valence-electron chi connectivity index (χ4n) is 4.18. The predicted octanol–water partition coefficient (Wildman–Crippen LogP) is 5.53. The van der Waals surface area contributed by atoms with E-state index in [9.17, 15) is 13.2 Å². The zero-order chi connectivity index (χ0) is 27.0. The maximum atomic E-state index is 13.7. The van der Waals surface area contributed by atoms with Crippen LogP contribution in [-0.4, -0.2) is 74.9 Å². The molecular weight excluding hydrogens is 544 g/mol. The molecule has 0 bridgehead atoms. The number of sulfonamides is 1. The van der Waals surface area contributed by atoms with Gasteiger partial charge in [0.1, 0.15) is 11.3 Å². The molecule has 0 fully saturated rings. The number of fused-ring (bicyclic) bond motifs is 1. The number of ether oxygens (including phenoxy) is 1. The Morgan fingerprint density at radius 1 is 0.921 bits per heavy atom. The summed E-state index contributed by atoms with van der Waals surface area (Å²) in [6.07, 6.45) is 1.48. The van der Waals surface area contributed by atoms with Crippen LogP contribution in [-0.2, 0) is 10.0 Å². The average Bonchev–Trinajstić information content (AvgIpc) is 3.35. The fraction of sp³-hybridized carbons (Fsp3) is 0.481. The van der Waals surface area contributed by atoms with Crippen LogP contribution in [0.25, 0.3) is 10.2 Å². The number of carbonyl (C=O) groups excluding carboxylic acids is 1. The second-order valence-electron chi connectivity index (χ2n) is 8.72. The van der Waals surface area contributed by atoms with Crippen LogP contribution in [0.1, 0.15) is 50.9 Å². The minimum Gasteiger partial charge on any atom is -0.494 e. The van der Waals surface area contributed by atoms with Crippen LogP contribution in [0.4, 0.5) is 5.13 Å². The van der Waals surface area contributed by atoms with Crippen LogP contribution < -0.4 is 9.64 Å². The summed E-state index contributed by atoms with van der Waals surface area (Å²) in [6.45, 7) is 12.0. The maximum Gasteiger partial charge on any atom is 0.260 e. The zero-order valence-corrected chi connectivity index (χ0v) is 25.3. The van der Waals surface area contributed by atoms with E-state index in [1.165, 1.54) is 27.8 Å². The summed E-state index contributed by atoms with van der Waals surface area (Å²) in [6, 6.07) is 12.0. The Balaban J connectivity index is 0.00000507. The van der Waals surface area contributed by atoms with E-state index in [0.717, 1.165) is 36.1 Å².